The summed E-state index contributed by atoms with van der Waals surface area (Å²) in [7, 11) is -4.03. The number of rotatable bonds is 12. The summed E-state index contributed by atoms with van der Waals surface area (Å²) in [4.78, 5) is 0. The summed E-state index contributed by atoms with van der Waals surface area (Å²) >= 11 is 0. The minimum atomic E-state index is -4.03. The summed E-state index contributed by atoms with van der Waals surface area (Å²) in [5.41, 5.74) is 0. The van der Waals surface area contributed by atoms with Gasteiger partial charge in [0.1, 0.15) is 11.0 Å². The second-order valence-electron chi connectivity index (χ2n) is 6.28. The third-order valence-electron chi connectivity index (χ3n) is 3.93. The van der Waals surface area contributed by atoms with Crippen LogP contribution in [0.25, 0.3) is 0 Å². The van der Waals surface area contributed by atoms with E-state index in [1.807, 2.05) is 0 Å². The predicted molar refractivity (Wildman–Crippen MR) is 96.6 cm³/mol. The Balaban J connectivity index is 0. The van der Waals surface area contributed by atoms with Gasteiger partial charge < -0.3 is 15.8 Å². The summed E-state index contributed by atoms with van der Waals surface area (Å²) in [6.07, 6.45) is 3.54. The Kier molecular flexibility index (Phi) is 13.1. The first-order valence-corrected chi connectivity index (χ1v) is 10.2. The number of para-hydroxylation sites is 1. The molecule has 0 aliphatic rings. The molecule has 3 unspecified atom stereocenters. The van der Waals surface area contributed by atoms with E-state index in [1.165, 1.54) is 6.92 Å². The van der Waals surface area contributed by atoms with E-state index < -0.39 is 27.6 Å². The Labute approximate surface area is 175 Å². The van der Waals surface area contributed by atoms with Crippen molar-refractivity contribution in [2.24, 2.45) is 0 Å². The monoisotopic (exact) mass is 382 g/mol. The Hall–Kier alpha value is -0.110. The van der Waals surface area contributed by atoms with Crippen LogP contribution in [0.4, 0.5) is 0 Å². The summed E-state index contributed by atoms with van der Waals surface area (Å²) in [6, 6.07) is 8.22. The Morgan fingerprint density at radius 1 is 1.08 bits per heavy atom. The first kappa shape index (κ1) is 24.9. The number of benzene rings is 1. The summed E-state index contributed by atoms with van der Waals surface area (Å²) in [5.74, 6) is 0.211. The van der Waals surface area contributed by atoms with Gasteiger partial charge in [0.15, 0.2) is 0 Å². The van der Waals surface area contributed by atoms with Gasteiger partial charge in [-0.15, -0.1) is 0 Å². The molecule has 5 nitrogen and oxygen atoms in total. The van der Waals surface area contributed by atoms with Gasteiger partial charge in [-0.1, -0.05) is 57.2 Å². The van der Waals surface area contributed by atoms with Crippen LogP contribution in [-0.2, 0) is 10.1 Å². The van der Waals surface area contributed by atoms with Gasteiger partial charge in [0.2, 0.25) is 0 Å². The molecule has 0 amide bonds. The normalized spacial score (nSPS) is 15.0. The molecule has 140 valence electrons. The van der Waals surface area contributed by atoms with Crippen LogP contribution in [0, 0.1) is 0 Å². The second kappa shape index (κ2) is 13.1. The van der Waals surface area contributed by atoms with Crippen LogP contribution in [0.5, 0.6) is 5.75 Å². The first-order chi connectivity index (χ1) is 11.4. The molecule has 0 aromatic heterocycles. The van der Waals surface area contributed by atoms with Crippen LogP contribution in [-0.4, -0.2) is 36.1 Å². The average Bonchev–Trinajstić information content (AvgIpc) is 2.52. The van der Waals surface area contributed by atoms with Crippen LogP contribution >= 0.6 is 0 Å². The van der Waals surface area contributed by atoms with Crippen molar-refractivity contribution >= 4 is 10.1 Å². The Bertz CT molecular complexity index is 554. The van der Waals surface area contributed by atoms with E-state index in [9.17, 15) is 18.6 Å². The number of hydrogen-bond acceptors (Lipinski definition) is 5. The summed E-state index contributed by atoms with van der Waals surface area (Å²) in [6.45, 7) is 3.64. The molecule has 0 saturated carbocycles. The van der Waals surface area contributed by atoms with E-state index in [-0.39, 0.29) is 43.2 Å². The maximum absolute atomic E-state index is 12.5. The van der Waals surface area contributed by atoms with E-state index in [0.29, 0.717) is 6.42 Å². The number of aliphatic hydroxyl groups is 2. The zero-order valence-electron chi connectivity index (χ0n) is 16.6. The van der Waals surface area contributed by atoms with Gasteiger partial charge in [-0.25, -0.2) is 0 Å². The van der Waals surface area contributed by atoms with Crippen LogP contribution in [0.15, 0.2) is 30.3 Å². The van der Waals surface area contributed by atoms with Crippen molar-refractivity contribution in [3.63, 3.8) is 0 Å². The molecular formula is C18H31NaO5S. The van der Waals surface area contributed by atoms with Crippen molar-refractivity contribution in [1.29, 1.82) is 0 Å². The van der Waals surface area contributed by atoms with Crippen molar-refractivity contribution in [2.75, 3.05) is 0 Å². The molecule has 0 radical (unpaired) electrons. The van der Waals surface area contributed by atoms with Crippen molar-refractivity contribution in [1.82, 2.24) is 0 Å². The summed E-state index contributed by atoms with van der Waals surface area (Å²) in [5, 5.41) is 18.8. The molecule has 1 aromatic rings. The smallest absolute Gasteiger partial charge is 1.00 e. The van der Waals surface area contributed by atoms with E-state index >= 15 is 0 Å². The van der Waals surface area contributed by atoms with Crippen LogP contribution in [0.1, 0.15) is 60.2 Å². The molecule has 0 fully saturated rings. The van der Waals surface area contributed by atoms with Gasteiger partial charge in [-0.2, -0.15) is 8.42 Å². The topological polar surface area (TPSA) is 83.8 Å². The van der Waals surface area contributed by atoms with Gasteiger partial charge in [-0.3, -0.25) is 0 Å². The van der Waals surface area contributed by atoms with E-state index in [0.717, 1.165) is 32.1 Å². The van der Waals surface area contributed by atoms with E-state index in [1.54, 1.807) is 30.3 Å². The Morgan fingerprint density at radius 2 is 1.68 bits per heavy atom. The molecule has 1 aromatic carbocycles. The molecule has 0 aliphatic carbocycles. The maximum atomic E-state index is 12.5. The first-order valence-electron chi connectivity index (χ1n) is 8.71. The molecule has 0 saturated heterocycles. The van der Waals surface area contributed by atoms with E-state index in [4.69, 9.17) is 4.18 Å². The molecular weight excluding hydrogens is 351 g/mol. The molecule has 0 aliphatic heterocycles. The molecule has 0 bridgehead atoms. The fourth-order valence-corrected chi connectivity index (χ4v) is 4.16. The Morgan fingerprint density at radius 3 is 2.24 bits per heavy atom. The quantitative estimate of drug-likeness (QED) is 0.310. The van der Waals surface area contributed by atoms with Crippen molar-refractivity contribution in [3.05, 3.63) is 30.3 Å². The fourth-order valence-electron chi connectivity index (χ4n) is 2.62. The number of hydrogen-bond donors (Lipinski definition) is 2. The van der Waals surface area contributed by atoms with Gasteiger partial charge in [-0.05, 0) is 31.9 Å². The molecule has 0 heterocycles. The number of unbranched alkanes of at least 4 members (excludes halogenated alkanes) is 4. The van der Waals surface area contributed by atoms with Gasteiger partial charge in [0.05, 0.1) is 12.2 Å². The third-order valence-corrected chi connectivity index (χ3v) is 5.61. The predicted octanol–water partition coefficient (Wildman–Crippen LogP) is 0.373. The van der Waals surface area contributed by atoms with Crippen LogP contribution in [0.3, 0.4) is 0 Å². The van der Waals surface area contributed by atoms with Crippen molar-refractivity contribution < 1.29 is 53.8 Å². The molecule has 3 atom stereocenters. The van der Waals surface area contributed by atoms with Gasteiger partial charge >= 0.3 is 39.7 Å². The second-order valence-corrected chi connectivity index (χ2v) is 8.04. The molecule has 2 N–H and O–H groups in total. The van der Waals surface area contributed by atoms with Crippen molar-refractivity contribution in [3.8, 4) is 5.75 Å². The van der Waals surface area contributed by atoms with Crippen molar-refractivity contribution in [2.45, 2.75) is 76.3 Å². The van der Waals surface area contributed by atoms with Gasteiger partial charge in [0, 0.05) is 0 Å². The third kappa shape index (κ3) is 9.97. The zero-order valence-corrected chi connectivity index (χ0v) is 18.4. The van der Waals surface area contributed by atoms with E-state index in [2.05, 4.69) is 6.92 Å². The largest absolute Gasteiger partial charge is 1.00 e. The maximum Gasteiger partial charge on any atom is 1.00 e. The zero-order chi connectivity index (χ0) is 18.0. The minimum absolute atomic E-state index is 0. The average molecular weight is 382 g/mol. The minimum Gasteiger partial charge on any atom is -1.00 e. The molecule has 7 heteroatoms. The molecule has 1 rings (SSSR count). The van der Waals surface area contributed by atoms with Crippen LogP contribution in [0.2, 0.25) is 0 Å². The SMILES string of the molecule is CCCCCCCC(O)C(CC(C)O)S(=O)(=O)Oc1ccccc1.[H-].[Na+]. The van der Waals surface area contributed by atoms with Crippen LogP contribution < -0.4 is 33.7 Å². The fraction of sp³-hybridized carbons (Fsp3) is 0.667. The van der Waals surface area contributed by atoms with Gasteiger partial charge in [0.25, 0.3) is 0 Å². The summed E-state index contributed by atoms with van der Waals surface area (Å²) < 4.78 is 30.2. The molecule has 25 heavy (non-hydrogen) atoms. The number of aliphatic hydroxyl groups excluding tert-OH is 2. The standard InChI is InChI=1S/C18H30O5S.Na.H/c1-3-4-5-6-10-13-17(20)18(14-15(2)19)24(21,22)23-16-11-8-7-9-12-16;;/h7-9,11-12,15,17-20H,3-6,10,13-14H2,1-2H3;;/q;+1;-1. The molecule has 0 spiro atoms.